The van der Waals surface area contributed by atoms with Crippen LogP contribution < -0.4 is 21.7 Å². The molecule has 1 saturated heterocycles. The van der Waals surface area contributed by atoms with Gasteiger partial charge in [-0.25, -0.2) is 4.79 Å². The highest BCUT2D eigenvalue weighted by atomic mass is 16.5. The van der Waals surface area contributed by atoms with Gasteiger partial charge in [-0.3, -0.25) is 18.7 Å². The number of hydrogen-bond donors (Lipinski definition) is 1. The number of methoxy groups -OCH3 is 1. The fourth-order valence-corrected chi connectivity index (χ4v) is 3.96. The van der Waals surface area contributed by atoms with Crippen molar-refractivity contribution in [2.45, 2.75) is 32.0 Å². The maximum Gasteiger partial charge on any atom is 0.332 e. The molecule has 0 saturated carbocycles. The Morgan fingerprint density at radius 3 is 2.71 bits per heavy atom. The van der Waals surface area contributed by atoms with Crippen LogP contribution in [0.4, 0.5) is 0 Å². The first-order valence-corrected chi connectivity index (χ1v) is 9.12. The predicted octanol–water partition coefficient (Wildman–Crippen LogP) is 0.328. The summed E-state index contributed by atoms with van der Waals surface area (Å²) >= 11 is 0. The molecule has 148 valence electrons. The van der Waals surface area contributed by atoms with Crippen molar-refractivity contribution in [2.24, 2.45) is 12.8 Å². The highest BCUT2D eigenvalue weighted by Crippen LogP contribution is 2.29. The van der Waals surface area contributed by atoms with Crippen molar-refractivity contribution in [1.29, 1.82) is 0 Å². The Morgan fingerprint density at radius 1 is 1.29 bits per heavy atom. The van der Waals surface area contributed by atoms with Gasteiger partial charge in [-0.15, -0.1) is 0 Å². The summed E-state index contributed by atoms with van der Waals surface area (Å²) < 4.78 is 15.0. The van der Waals surface area contributed by atoms with Crippen LogP contribution in [0.25, 0.3) is 21.9 Å². The molecule has 2 aromatic heterocycles. The highest BCUT2D eigenvalue weighted by molar-refractivity contribution is 6.06. The molecule has 0 aliphatic carbocycles. The summed E-state index contributed by atoms with van der Waals surface area (Å²) in [5, 5.41) is 0.650. The molecule has 1 unspecified atom stereocenters. The lowest BCUT2D eigenvalue weighted by Gasteiger charge is -2.15. The van der Waals surface area contributed by atoms with E-state index in [4.69, 9.17) is 15.2 Å². The van der Waals surface area contributed by atoms with Crippen LogP contribution in [-0.2, 0) is 29.7 Å². The van der Waals surface area contributed by atoms with Crippen LogP contribution in [0.1, 0.15) is 12.8 Å². The molecule has 28 heavy (non-hydrogen) atoms. The summed E-state index contributed by atoms with van der Waals surface area (Å²) in [7, 11) is 3.30. The molecular formula is C19H22N4O5. The SMILES string of the molecule is COc1ccc2c(c1)c1c(c(=O)n(CC3CCCO3)c(=O)n1CC(N)=O)n2C. The van der Waals surface area contributed by atoms with Crippen molar-refractivity contribution in [3.63, 3.8) is 0 Å². The summed E-state index contributed by atoms with van der Waals surface area (Å²) in [6, 6.07) is 5.35. The van der Waals surface area contributed by atoms with Crippen LogP contribution >= 0.6 is 0 Å². The van der Waals surface area contributed by atoms with Gasteiger partial charge >= 0.3 is 5.69 Å². The van der Waals surface area contributed by atoms with Gasteiger partial charge in [-0.05, 0) is 31.0 Å². The molecule has 3 aromatic rings. The van der Waals surface area contributed by atoms with E-state index in [1.807, 2.05) is 6.07 Å². The molecule has 1 aromatic carbocycles. The Balaban J connectivity index is 2.09. The van der Waals surface area contributed by atoms with E-state index in [-0.39, 0.29) is 19.2 Å². The van der Waals surface area contributed by atoms with Gasteiger partial charge in [0.25, 0.3) is 5.56 Å². The number of nitrogens with zero attached hydrogens (tertiary/aromatic N) is 3. The van der Waals surface area contributed by atoms with E-state index in [0.717, 1.165) is 22.9 Å². The van der Waals surface area contributed by atoms with E-state index in [1.54, 1.807) is 23.7 Å². The Hall–Kier alpha value is -3.07. The Morgan fingerprint density at radius 2 is 2.07 bits per heavy atom. The van der Waals surface area contributed by atoms with Crippen molar-refractivity contribution < 1.29 is 14.3 Å². The predicted molar refractivity (Wildman–Crippen MR) is 104 cm³/mol. The Bertz CT molecular complexity index is 1200. The average Bonchev–Trinajstić information content (AvgIpc) is 3.28. The number of benzene rings is 1. The van der Waals surface area contributed by atoms with Gasteiger partial charge < -0.3 is 19.8 Å². The highest BCUT2D eigenvalue weighted by Gasteiger charge is 2.24. The smallest absolute Gasteiger partial charge is 0.332 e. The summed E-state index contributed by atoms with van der Waals surface area (Å²) in [5.74, 6) is -0.0766. The van der Waals surface area contributed by atoms with Gasteiger partial charge in [0.15, 0.2) is 0 Å². The van der Waals surface area contributed by atoms with Crippen LogP contribution in [0, 0.1) is 0 Å². The second kappa shape index (κ2) is 6.83. The molecule has 1 aliphatic heterocycles. The molecule has 1 fully saturated rings. The van der Waals surface area contributed by atoms with Gasteiger partial charge in [0, 0.05) is 19.0 Å². The van der Waals surface area contributed by atoms with Crippen LogP contribution in [0.2, 0.25) is 0 Å². The number of rotatable bonds is 5. The minimum absolute atomic E-state index is 0.150. The van der Waals surface area contributed by atoms with Crippen molar-refractivity contribution in [3.05, 3.63) is 39.0 Å². The van der Waals surface area contributed by atoms with E-state index < -0.39 is 17.2 Å². The monoisotopic (exact) mass is 386 g/mol. The maximum atomic E-state index is 13.2. The largest absolute Gasteiger partial charge is 0.497 e. The number of carbonyl (C=O) groups is 1. The lowest BCUT2D eigenvalue weighted by molar-refractivity contribution is -0.118. The van der Waals surface area contributed by atoms with Crippen molar-refractivity contribution >= 4 is 27.8 Å². The normalized spacial score (nSPS) is 16.9. The molecule has 4 rings (SSSR count). The molecule has 1 aliphatic rings. The number of hydrogen-bond acceptors (Lipinski definition) is 5. The standard InChI is InChI=1S/C19H22N4O5/c1-21-14-6-5-11(27-2)8-13(14)16-17(21)18(25)23(9-12-4-3-7-28-12)19(26)22(16)10-15(20)24/h5-6,8,12H,3-4,7,9-10H2,1-2H3,(H2,20,24). The zero-order chi connectivity index (χ0) is 20.0. The second-order valence-corrected chi connectivity index (χ2v) is 7.03. The van der Waals surface area contributed by atoms with Crippen molar-refractivity contribution in [3.8, 4) is 5.75 Å². The van der Waals surface area contributed by atoms with Crippen molar-refractivity contribution in [2.75, 3.05) is 13.7 Å². The van der Waals surface area contributed by atoms with Gasteiger partial charge in [-0.2, -0.15) is 0 Å². The van der Waals surface area contributed by atoms with E-state index in [2.05, 4.69) is 0 Å². The minimum atomic E-state index is -0.661. The van der Waals surface area contributed by atoms with Gasteiger partial charge in [0.05, 0.1) is 30.8 Å². The lowest BCUT2D eigenvalue weighted by Crippen LogP contribution is -2.44. The van der Waals surface area contributed by atoms with Crippen molar-refractivity contribution in [1.82, 2.24) is 13.7 Å². The maximum absolute atomic E-state index is 13.2. The molecular weight excluding hydrogens is 364 g/mol. The fourth-order valence-electron chi connectivity index (χ4n) is 3.96. The summed E-state index contributed by atoms with van der Waals surface area (Å²) in [5.41, 5.74) is 5.89. The summed E-state index contributed by atoms with van der Waals surface area (Å²) in [6.45, 7) is 0.444. The number of ether oxygens (including phenoxy) is 2. The number of amides is 1. The Kier molecular flexibility index (Phi) is 4.46. The third-order valence-electron chi connectivity index (χ3n) is 5.28. The molecule has 0 bridgehead atoms. The van der Waals surface area contributed by atoms with Gasteiger partial charge in [-0.1, -0.05) is 0 Å². The topological polar surface area (TPSA) is 110 Å². The number of carbonyl (C=O) groups excluding carboxylic acids is 1. The Labute approximate surface area is 159 Å². The van der Waals surface area contributed by atoms with Gasteiger partial charge in [0.1, 0.15) is 17.8 Å². The number of primary amides is 1. The molecule has 3 heterocycles. The summed E-state index contributed by atoms with van der Waals surface area (Å²) in [4.78, 5) is 38.1. The van der Waals surface area contributed by atoms with Crippen LogP contribution in [-0.4, -0.2) is 39.4 Å². The van der Waals surface area contributed by atoms with E-state index >= 15 is 0 Å². The first-order valence-electron chi connectivity index (χ1n) is 9.12. The minimum Gasteiger partial charge on any atom is -0.497 e. The molecule has 9 heteroatoms. The molecule has 2 N–H and O–H groups in total. The number of nitrogens with two attached hydrogens (primary N) is 1. The van der Waals surface area contributed by atoms with Crippen LogP contribution in [0.5, 0.6) is 5.75 Å². The quantitative estimate of drug-likeness (QED) is 0.679. The van der Waals surface area contributed by atoms with Crippen LogP contribution in [0.3, 0.4) is 0 Å². The second-order valence-electron chi connectivity index (χ2n) is 7.03. The first-order chi connectivity index (χ1) is 13.4. The summed E-state index contributed by atoms with van der Waals surface area (Å²) in [6.07, 6.45) is 1.48. The number of fused-ring (bicyclic) bond motifs is 3. The zero-order valence-corrected chi connectivity index (χ0v) is 15.8. The third-order valence-corrected chi connectivity index (χ3v) is 5.28. The van der Waals surface area contributed by atoms with Crippen LogP contribution in [0.15, 0.2) is 27.8 Å². The fraction of sp³-hybridized carbons (Fsp3) is 0.421. The number of aromatic nitrogens is 3. The van der Waals surface area contributed by atoms with E-state index in [0.29, 0.717) is 28.8 Å². The first kappa shape index (κ1) is 18.3. The van der Waals surface area contributed by atoms with E-state index in [9.17, 15) is 14.4 Å². The zero-order valence-electron chi connectivity index (χ0n) is 15.8. The van der Waals surface area contributed by atoms with Gasteiger partial charge in [0.2, 0.25) is 5.91 Å². The molecule has 1 amide bonds. The third kappa shape index (κ3) is 2.78. The molecule has 0 spiro atoms. The molecule has 9 nitrogen and oxygen atoms in total. The average molecular weight is 386 g/mol. The molecule has 1 atom stereocenters. The lowest BCUT2D eigenvalue weighted by atomic mass is 10.2. The van der Waals surface area contributed by atoms with E-state index in [1.165, 1.54) is 11.7 Å². The molecule has 0 radical (unpaired) electrons. The number of aryl methyl sites for hydroxylation is 1.